The molecule has 1 saturated heterocycles. The molecule has 1 aromatic heterocycles. The van der Waals surface area contributed by atoms with Crippen molar-refractivity contribution in [1.29, 1.82) is 0 Å². The van der Waals surface area contributed by atoms with E-state index in [9.17, 15) is 0 Å². The summed E-state index contributed by atoms with van der Waals surface area (Å²) in [6.45, 7) is 6.10. The molecule has 118 valence electrons. The van der Waals surface area contributed by atoms with Gasteiger partial charge in [-0.2, -0.15) is 5.10 Å². The van der Waals surface area contributed by atoms with Crippen molar-refractivity contribution in [3.05, 3.63) is 18.0 Å². The summed E-state index contributed by atoms with van der Waals surface area (Å²) in [5, 5.41) is 8.43. The maximum absolute atomic E-state index is 5.77. The number of nitrogens with zero attached hydrogens (tertiary/aromatic N) is 2. The highest BCUT2D eigenvalue weighted by atomic mass is 16.5. The van der Waals surface area contributed by atoms with E-state index in [1.165, 1.54) is 37.8 Å². The third kappa shape index (κ3) is 4.07. The summed E-state index contributed by atoms with van der Waals surface area (Å²) in [6.07, 6.45) is 11.0. The minimum atomic E-state index is 0.0113. The Morgan fingerprint density at radius 1 is 1.29 bits per heavy atom. The highest BCUT2D eigenvalue weighted by Gasteiger charge is 2.28. The van der Waals surface area contributed by atoms with E-state index in [0.717, 1.165) is 26.0 Å². The molecule has 1 saturated carbocycles. The first kappa shape index (κ1) is 15.0. The van der Waals surface area contributed by atoms with Crippen molar-refractivity contribution in [2.45, 2.75) is 83.0 Å². The average Bonchev–Trinajstić information content (AvgIpc) is 2.94. The zero-order valence-corrected chi connectivity index (χ0v) is 13.5. The Morgan fingerprint density at radius 2 is 2.10 bits per heavy atom. The van der Waals surface area contributed by atoms with Gasteiger partial charge < -0.3 is 10.1 Å². The molecule has 1 N–H and O–H groups in total. The van der Waals surface area contributed by atoms with Crippen LogP contribution >= 0.6 is 0 Å². The fourth-order valence-electron chi connectivity index (χ4n) is 3.68. The van der Waals surface area contributed by atoms with E-state index in [1.807, 2.05) is 0 Å². The Kier molecular flexibility index (Phi) is 4.65. The lowest BCUT2D eigenvalue weighted by atomic mass is 9.94. The van der Waals surface area contributed by atoms with Gasteiger partial charge in [-0.15, -0.1) is 0 Å². The Balaban J connectivity index is 1.50. The van der Waals surface area contributed by atoms with Crippen LogP contribution in [0.1, 0.15) is 70.5 Å². The van der Waals surface area contributed by atoms with Crippen molar-refractivity contribution in [1.82, 2.24) is 15.1 Å². The molecular formula is C17H29N3O. The minimum Gasteiger partial charge on any atom is -0.375 e. The molecule has 3 rings (SSSR count). The summed E-state index contributed by atoms with van der Waals surface area (Å²) >= 11 is 0. The monoisotopic (exact) mass is 291 g/mol. The van der Waals surface area contributed by atoms with Gasteiger partial charge in [-0.1, -0.05) is 19.3 Å². The summed E-state index contributed by atoms with van der Waals surface area (Å²) in [6, 6.07) is 3.36. The Morgan fingerprint density at radius 3 is 2.86 bits per heavy atom. The standard InChI is InChI=1S/C17H29N3O/c1-17(2)12-14(9-11-21-17)18-13-15-8-10-20(19-15)16-6-4-3-5-7-16/h8,10,14,16,18H,3-7,9,11-13H2,1-2H3. The van der Waals surface area contributed by atoms with Gasteiger partial charge in [0.15, 0.2) is 0 Å². The van der Waals surface area contributed by atoms with Gasteiger partial charge in [0, 0.05) is 25.4 Å². The second kappa shape index (κ2) is 6.49. The van der Waals surface area contributed by atoms with E-state index < -0.39 is 0 Å². The molecule has 0 radical (unpaired) electrons. The summed E-state index contributed by atoms with van der Waals surface area (Å²) in [5.74, 6) is 0. The Bertz CT molecular complexity index is 449. The molecule has 0 aromatic carbocycles. The van der Waals surface area contributed by atoms with Crippen LogP contribution in [0.2, 0.25) is 0 Å². The van der Waals surface area contributed by atoms with Gasteiger partial charge >= 0.3 is 0 Å². The van der Waals surface area contributed by atoms with Crippen LogP contribution in [0.25, 0.3) is 0 Å². The van der Waals surface area contributed by atoms with E-state index >= 15 is 0 Å². The molecule has 1 aliphatic heterocycles. The van der Waals surface area contributed by atoms with E-state index in [1.54, 1.807) is 0 Å². The molecule has 1 atom stereocenters. The third-order valence-corrected chi connectivity index (χ3v) is 4.88. The molecule has 2 heterocycles. The number of aromatic nitrogens is 2. The van der Waals surface area contributed by atoms with Crippen LogP contribution in [0.4, 0.5) is 0 Å². The van der Waals surface area contributed by atoms with Crippen molar-refractivity contribution in [3.8, 4) is 0 Å². The van der Waals surface area contributed by atoms with Crippen LogP contribution in [-0.4, -0.2) is 28.0 Å². The first-order valence-electron chi connectivity index (χ1n) is 8.54. The summed E-state index contributed by atoms with van der Waals surface area (Å²) < 4.78 is 7.97. The largest absolute Gasteiger partial charge is 0.375 e. The summed E-state index contributed by atoms with van der Waals surface area (Å²) in [7, 11) is 0. The van der Waals surface area contributed by atoms with Gasteiger partial charge in [0.1, 0.15) is 0 Å². The van der Waals surface area contributed by atoms with Gasteiger partial charge in [-0.05, 0) is 45.6 Å². The molecule has 21 heavy (non-hydrogen) atoms. The normalized spacial score (nSPS) is 26.9. The number of hydrogen-bond acceptors (Lipinski definition) is 3. The van der Waals surface area contributed by atoms with Crippen molar-refractivity contribution in [3.63, 3.8) is 0 Å². The molecule has 4 nitrogen and oxygen atoms in total. The van der Waals surface area contributed by atoms with Gasteiger partial charge in [0.2, 0.25) is 0 Å². The van der Waals surface area contributed by atoms with E-state index in [-0.39, 0.29) is 5.60 Å². The highest BCUT2D eigenvalue weighted by molar-refractivity contribution is 5.00. The van der Waals surface area contributed by atoms with Gasteiger partial charge in [0.25, 0.3) is 0 Å². The zero-order chi connectivity index (χ0) is 14.7. The average molecular weight is 291 g/mol. The Labute approximate surface area is 128 Å². The molecule has 4 heteroatoms. The van der Waals surface area contributed by atoms with Crippen LogP contribution in [0, 0.1) is 0 Å². The number of ether oxygens (including phenoxy) is 1. The van der Waals surface area contributed by atoms with Crippen LogP contribution in [0.15, 0.2) is 12.3 Å². The van der Waals surface area contributed by atoms with Crippen LogP contribution < -0.4 is 5.32 Å². The van der Waals surface area contributed by atoms with Gasteiger partial charge in [0.05, 0.1) is 17.3 Å². The molecule has 0 spiro atoms. The minimum absolute atomic E-state index is 0.0113. The molecule has 1 unspecified atom stereocenters. The number of rotatable bonds is 4. The van der Waals surface area contributed by atoms with Crippen molar-refractivity contribution < 1.29 is 4.74 Å². The lowest BCUT2D eigenvalue weighted by molar-refractivity contribution is -0.0631. The van der Waals surface area contributed by atoms with Crippen LogP contribution in [-0.2, 0) is 11.3 Å². The first-order chi connectivity index (χ1) is 10.1. The predicted octanol–water partition coefficient (Wildman–Crippen LogP) is 3.44. The molecule has 0 amide bonds. The molecule has 2 aliphatic rings. The van der Waals surface area contributed by atoms with Crippen molar-refractivity contribution in [2.75, 3.05) is 6.61 Å². The molecule has 2 fully saturated rings. The second-order valence-electron chi connectivity index (χ2n) is 7.26. The third-order valence-electron chi connectivity index (χ3n) is 4.88. The fraction of sp³-hybridized carbons (Fsp3) is 0.824. The van der Waals surface area contributed by atoms with Crippen molar-refractivity contribution >= 4 is 0 Å². The molecular weight excluding hydrogens is 262 g/mol. The van der Waals surface area contributed by atoms with Crippen molar-refractivity contribution in [2.24, 2.45) is 0 Å². The zero-order valence-electron chi connectivity index (χ0n) is 13.5. The van der Waals surface area contributed by atoms with E-state index in [4.69, 9.17) is 9.84 Å². The smallest absolute Gasteiger partial charge is 0.0762 e. The summed E-state index contributed by atoms with van der Waals surface area (Å²) in [5.41, 5.74) is 1.18. The second-order valence-corrected chi connectivity index (χ2v) is 7.26. The van der Waals surface area contributed by atoms with E-state index in [0.29, 0.717) is 12.1 Å². The predicted molar refractivity (Wildman–Crippen MR) is 84.2 cm³/mol. The molecule has 1 aliphatic carbocycles. The quantitative estimate of drug-likeness (QED) is 0.923. The first-order valence-corrected chi connectivity index (χ1v) is 8.54. The lowest BCUT2D eigenvalue weighted by Crippen LogP contribution is -2.43. The summed E-state index contributed by atoms with van der Waals surface area (Å²) in [4.78, 5) is 0. The lowest BCUT2D eigenvalue weighted by Gasteiger charge is -2.35. The van der Waals surface area contributed by atoms with E-state index in [2.05, 4.69) is 36.1 Å². The van der Waals surface area contributed by atoms with Gasteiger partial charge in [-0.25, -0.2) is 0 Å². The Hall–Kier alpha value is -0.870. The maximum atomic E-state index is 5.77. The SMILES string of the molecule is CC1(C)CC(NCc2ccn(C3CCCCC3)n2)CCO1. The fourth-order valence-corrected chi connectivity index (χ4v) is 3.68. The molecule has 0 bridgehead atoms. The topological polar surface area (TPSA) is 39.1 Å². The highest BCUT2D eigenvalue weighted by Crippen LogP contribution is 2.27. The van der Waals surface area contributed by atoms with Crippen LogP contribution in [0.3, 0.4) is 0 Å². The number of nitrogens with one attached hydrogen (secondary N) is 1. The maximum Gasteiger partial charge on any atom is 0.0762 e. The van der Waals surface area contributed by atoms with Gasteiger partial charge in [-0.3, -0.25) is 4.68 Å². The van der Waals surface area contributed by atoms with Crippen LogP contribution in [0.5, 0.6) is 0 Å². The number of hydrogen-bond donors (Lipinski definition) is 1. The molecule has 1 aromatic rings.